The smallest absolute Gasteiger partial charge is 0.270 e. The van der Waals surface area contributed by atoms with Crippen molar-refractivity contribution in [3.63, 3.8) is 0 Å². The fourth-order valence-electron chi connectivity index (χ4n) is 1.99. The highest BCUT2D eigenvalue weighted by molar-refractivity contribution is 5.67. The summed E-state index contributed by atoms with van der Waals surface area (Å²) in [5.74, 6) is 0.437. The van der Waals surface area contributed by atoms with E-state index < -0.39 is 5.56 Å². The molecule has 1 fully saturated rings. The molecule has 1 heterocycles. The standard InChI is InChI=1S/C15H14N4O/c1-9-2-4-10(5-3-9)13-12(8-16)14(20)19-15(18-13)17-11-6-7-11/h2-5,11H,6-7H2,1H3,(H2,17,18,19,20). The number of benzene rings is 1. The summed E-state index contributed by atoms with van der Waals surface area (Å²) in [6.45, 7) is 1.99. The number of aryl methyl sites for hydroxylation is 1. The van der Waals surface area contributed by atoms with Crippen molar-refractivity contribution in [1.29, 1.82) is 5.26 Å². The average Bonchev–Trinajstić information content (AvgIpc) is 3.23. The van der Waals surface area contributed by atoms with Crippen molar-refractivity contribution < 1.29 is 0 Å². The Hall–Kier alpha value is -2.61. The fraction of sp³-hybridized carbons (Fsp3) is 0.267. The molecule has 2 aromatic rings. The molecule has 1 aromatic carbocycles. The van der Waals surface area contributed by atoms with Crippen LogP contribution in [-0.4, -0.2) is 16.0 Å². The number of nitrogens with zero attached hydrogens (tertiary/aromatic N) is 2. The first-order chi connectivity index (χ1) is 9.67. The van der Waals surface area contributed by atoms with Gasteiger partial charge in [-0.3, -0.25) is 9.78 Å². The van der Waals surface area contributed by atoms with Crippen molar-refractivity contribution in [2.24, 2.45) is 0 Å². The van der Waals surface area contributed by atoms with E-state index in [1.807, 2.05) is 37.3 Å². The molecule has 0 saturated heterocycles. The maximum atomic E-state index is 12.0. The molecule has 0 atom stereocenters. The highest BCUT2D eigenvalue weighted by Crippen LogP contribution is 2.25. The Morgan fingerprint density at radius 2 is 2.05 bits per heavy atom. The third kappa shape index (κ3) is 2.41. The van der Waals surface area contributed by atoms with E-state index in [0.717, 1.165) is 24.0 Å². The lowest BCUT2D eigenvalue weighted by atomic mass is 10.1. The topological polar surface area (TPSA) is 81.6 Å². The van der Waals surface area contributed by atoms with Crippen LogP contribution in [0.4, 0.5) is 5.95 Å². The molecule has 0 bridgehead atoms. The molecule has 1 aliphatic rings. The second-order valence-electron chi connectivity index (χ2n) is 5.03. The van der Waals surface area contributed by atoms with E-state index in [1.165, 1.54) is 0 Å². The molecule has 0 unspecified atom stereocenters. The Labute approximate surface area is 116 Å². The molecule has 20 heavy (non-hydrogen) atoms. The minimum absolute atomic E-state index is 0.0511. The summed E-state index contributed by atoms with van der Waals surface area (Å²) in [7, 11) is 0. The largest absolute Gasteiger partial charge is 0.353 e. The lowest BCUT2D eigenvalue weighted by Crippen LogP contribution is -2.18. The lowest BCUT2D eigenvalue weighted by Gasteiger charge is -2.08. The Kier molecular flexibility index (Phi) is 2.99. The Morgan fingerprint density at radius 1 is 1.35 bits per heavy atom. The van der Waals surface area contributed by atoms with Crippen LogP contribution in [0.2, 0.25) is 0 Å². The van der Waals surface area contributed by atoms with E-state index in [9.17, 15) is 4.79 Å². The van der Waals surface area contributed by atoms with Crippen LogP contribution >= 0.6 is 0 Å². The molecule has 100 valence electrons. The molecular formula is C15H14N4O. The zero-order valence-corrected chi connectivity index (χ0v) is 11.1. The van der Waals surface area contributed by atoms with Crippen LogP contribution in [0, 0.1) is 18.3 Å². The van der Waals surface area contributed by atoms with Crippen LogP contribution < -0.4 is 10.9 Å². The van der Waals surface area contributed by atoms with Crippen LogP contribution in [0.25, 0.3) is 11.3 Å². The first-order valence-corrected chi connectivity index (χ1v) is 6.55. The monoisotopic (exact) mass is 266 g/mol. The number of hydrogen-bond donors (Lipinski definition) is 2. The maximum Gasteiger partial charge on any atom is 0.270 e. The number of H-pyrrole nitrogens is 1. The van der Waals surface area contributed by atoms with Crippen molar-refractivity contribution >= 4 is 5.95 Å². The van der Waals surface area contributed by atoms with Gasteiger partial charge in [-0.2, -0.15) is 5.26 Å². The van der Waals surface area contributed by atoms with Crippen LogP contribution in [0.3, 0.4) is 0 Å². The van der Waals surface area contributed by atoms with Gasteiger partial charge in [-0.15, -0.1) is 0 Å². The number of anilines is 1. The van der Waals surface area contributed by atoms with Gasteiger partial charge in [0.05, 0.1) is 5.69 Å². The maximum absolute atomic E-state index is 12.0. The van der Waals surface area contributed by atoms with Crippen molar-refractivity contribution in [3.8, 4) is 17.3 Å². The molecule has 1 aromatic heterocycles. The Balaban J connectivity index is 2.11. The average molecular weight is 266 g/mol. The Morgan fingerprint density at radius 3 is 2.65 bits per heavy atom. The van der Waals surface area contributed by atoms with Gasteiger partial charge in [0, 0.05) is 11.6 Å². The molecular weight excluding hydrogens is 252 g/mol. The van der Waals surface area contributed by atoms with Gasteiger partial charge in [-0.25, -0.2) is 4.98 Å². The normalized spacial score (nSPS) is 13.8. The number of aromatic nitrogens is 2. The predicted octanol–water partition coefficient (Wildman–Crippen LogP) is 2.19. The minimum atomic E-state index is -0.402. The Bertz CT molecular complexity index is 736. The van der Waals surface area contributed by atoms with Crippen molar-refractivity contribution in [2.75, 3.05) is 5.32 Å². The number of aromatic amines is 1. The van der Waals surface area contributed by atoms with Gasteiger partial charge < -0.3 is 5.32 Å². The van der Waals surface area contributed by atoms with Crippen LogP contribution in [0.5, 0.6) is 0 Å². The summed E-state index contributed by atoms with van der Waals surface area (Å²) in [6, 6.07) is 9.95. The second kappa shape index (κ2) is 4.82. The first kappa shape index (κ1) is 12.4. The van der Waals surface area contributed by atoms with Crippen LogP contribution in [-0.2, 0) is 0 Å². The van der Waals surface area contributed by atoms with Crippen LogP contribution in [0.15, 0.2) is 29.1 Å². The van der Waals surface area contributed by atoms with Crippen LogP contribution in [0.1, 0.15) is 24.0 Å². The van der Waals surface area contributed by atoms with Gasteiger partial charge in [0.15, 0.2) is 0 Å². The third-order valence-corrected chi connectivity index (χ3v) is 3.27. The van der Waals surface area contributed by atoms with E-state index in [0.29, 0.717) is 17.7 Å². The molecule has 0 aliphatic heterocycles. The van der Waals surface area contributed by atoms with Gasteiger partial charge >= 0.3 is 0 Å². The summed E-state index contributed by atoms with van der Waals surface area (Å²) in [6.07, 6.45) is 2.17. The predicted molar refractivity (Wildman–Crippen MR) is 76.4 cm³/mol. The highest BCUT2D eigenvalue weighted by atomic mass is 16.1. The molecule has 2 N–H and O–H groups in total. The van der Waals surface area contributed by atoms with Crippen molar-refractivity contribution in [2.45, 2.75) is 25.8 Å². The number of rotatable bonds is 3. The third-order valence-electron chi connectivity index (χ3n) is 3.27. The molecule has 1 saturated carbocycles. The molecule has 0 radical (unpaired) electrons. The van der Waals surface area contributed by atoms with Gasteiger partial charge in [-0.05, 0) is 19.8 Å². The molecule has 0 spiro atoms. The molecule has 1 aliphatic carbocycles. The first-order valence-electron chi connectivity index (χ1n) is 6.55. The molecule has 5 nitrogen and oxygen atoms in total. The molecule has 0 amide bonds. The zero-order valence-electron chi connectivity index (χ0n) is 11.1. The van der Waals surface area contributed by atoms with E-state index in [1.54, 1.807) is 0 Å². The van der Waals surface area contributed by atoms with E-state index in [-0.39, 0.29) is 5.56 Å². The summed E-state index contributed by atoms with van der Waals surface area (Å²) in [5.41, 5.74) is 1.97. The van der Waals surface area contributed by atoms with Crippen molar-refractivity contribution in [3.05, 3.63) is 45.7 Å². The lowest BCUT2D eigenvalue weighted by molar-refractivity contribution is 1.03. The molecule has 5 heteroatoms. The van der Waals surface area contributed by atoms with E-state index in [2.05, 4.69) is 15.3 Å². The minimum Gasteiger partial charge on any atom is -0.353 e. The number of nitriles is 1. The van der Waals surface area contributed by atoms with E-state index >= 15 is 0 Å². The highest BCUT2D eigenvalue weighted by Gasteiger charge is 2.23. The zero-order chi connectivity index (χ0) is 14.1. The summed E-state index contributed by atoms with van der Waals surface area (Å²) >= 11 is 0. The summed E-state index contributed by atoms with van der Waals surface area (Å²) in [4.78, 5) is 19.0. The summed E-state index contributed by atoms with van der Waals surface area (Å²) in [5, 5.41) is 12.3. The van der Waals surface area contributed by atoms with Crippen molar-refractivity contribution in [1.82, 2.24) is 9.97 Å². The second-order valence-corrected chi connectivity index (χ2v) is 5.03. The number of hydrogen-bond acceptors (Lipinski definition) is 4. The SMILES string of the molecule is Cc1ccc(-c2nc(NC3CC3)[nH]c(=O)c2C#N)cc1. The summed E-state index contributed by atoms with van der Waals surface area (Å²) < 4.78 is 0. The van der Waals surface area contributed by atoms with Gasteiger partial charge in [0.2, 0.25) is 5.95 Å². The van der Waals surface area contributed by atoms with Gasteiger partial charge in [-0.1, -0.05) is 29.8 Å². The van der Waals surface area contributed by atoms with Gasteiger partial charge in [0.1, 0.15) is 11.6 Å². The van der Waals surface area contributed by atoms with E-state index in [4.69, 9.17) is 5.26 Å². The quantitative estimate of drug-likeness (QED) is 0.892. The number of nitrogens with one attached hydrogen (secondary N) is 2. The molecule has 3 rings (SSSR count). The van der Waals surface area contributed by atoms with Gasteiger partial charge in [0.25, 0.3) is 5.56 Å². The fourth-order valence-corrected chi connectivity index (χ4v) is 1.99.